The quantitative estimate of drug-likeness (QED) is 0.620. The average molecular weight is 157 g/mol. The highest BCUT2D eigenvalue weighted by molar-refractivity contribution is 5.85. The summed E-state index contributed by atoms with van der Waals surface area (Å²) in [7, 11) is 0. The maximum Gasteiger partial charge on any atom is 0.131 e. The molecule has 1 fully saturated rings. The first-order valence-electron chi connectivity index (χ1n) is 3.24. The van der Waals surface area contributed by atoms with E-state index in [4.69, 9.17) is 0 Å². The monoisotopic (exact) mass is 156 g/mol. The van der Waals surface area contributed by atoms with Crippen LogP contribution in [0.3, 0.4) is 0 Å². The molecule has 0 saturated heterocycles. The first kappa shape index (κ1) is 7.48. The Morgan fingerprint density at radius 2 is 1.80 bits per heavy atom. The minimum absolute atomic E-state index is 0. The highest BCUT2D eigenvalue weighted by Gasteiger charge is 2.25. The van der Waals surface area contributed by atoms with Gasteiger partial charge in [-0.15, -0.1) is 12.4 Å². The van der Waals surface area contributed by atoms with Gasteiger partial charge in [-0.3, -0.25) is 0 Å². The van der Waals surface area contributed by atoms with Crippen LogP contribution in [0, 0.1) is 0 Å². The first-order valence-corrected chi connectivity index (χ1v) is 3.24. The smallest absolute Gasteiger partial charge is 0.131 e. The van der Waals surface area contributed by atoms with Gasteiger partial charge in [0, 0.05) is 18.3 Å². The van der Waals surface area contributed by atoms with Gasteiger partial charge in [-0.2, -0.15) is 0 Å². The summed E-state index contributed by atoms with van der Waals surface area (Å²) in [5.41, 5.74) is 0. The van der Waals surface area contributed by atoms with Crippen LogP contribution in [0.4, 0.5) is 0 Å². The minimum atomic E-state index is 0. The van der Waals surface area contributed by atoms with Gasteiger partial charge in [0.05, 0.1) is 0 Å². The standard InChI is InChI=1S/C7H8N2.ClH/c1-4-8-7(9-5-1)6-2-3-6;/h1,4-6H,2-3H2;1H. The highest BCUT2D eigenvalue weighted by atomic mass is 35.5. The summed E-state index contributed by atoms with van der Waals surface area (Å²) >= 11 is 0. The molecule has 54 valence electrons. The van der Waals surface area contributed by atoms with Crippen molar-refractivity contribution in [2.24, 2.45) is 0 Å². The number of nitrogens with zero attached hydrogens (tertiary/aromatic N) is 2. The molecule has 0 bridgehead atoms. The summed E-state index contributed by atoms with van der Waals surface area (Å²) in [6.07, 6.45) is 6.18. The summed E-state index contributed by atoms with van der Waals surface area (Å²) in [5.74, 6) is 1.71. The van der Waals surface area contributed by atoms with Gasteiger partial charge in [0.1, 0.15) is 5.82 Å². The Labute approximate surface area is 66.1 Å². The van der Waals surface area contributed by atoms with E-state index in [9.17, 15) is 0 Å². The molecule has 10 heavy (non-hydrogen) atoms. The normalized spacial score (nSPS) is 16.0. The van der Waals surface area contributed by atoms with Crippen LogP contribution >= 0.6 is 12.4 Å². The first-order chi connectivity index (χ1) is 4.47. The van der Waals surface area contributed by atoms with Gasteiger partial charge >= 0.3 is 0 Å². The predicted molar refractivity (Wildman–Crippen MR) is 41.3 cm³/mol. The third-order valence-corrected chi connectivity index (χ3v) is 1.53. The number of hydrogen-bond donors (Lipinski definition) is 0. The molecule has 1 aromatic rings. The predicted octanol–water partition coefficient (Wildman–Crippen LogP) is 1.78. The molecule has 1 aliphatic carbocycles. The molecule has 2 rings (SSSR count). The van der Waals surface area contributed by atoms with Crippen molar-refractivity contribution in [2.75, 3.05) is 0 Å². The van der Waals surface area contributed by atoms with Crippen molar-refractivity contribution in [3.8, 4) is 0 Å². The fourth-order valence-electron chi connectivity index (χ4n) is 0.863. The van der Waals surface area contributed by atoms with Crippen molar-refractivity contribution >= 4 is 12.4 Å². The average Bonchev–Trinajstić information content (AvgIpc) is 2.71. The Morgan fingerprint density at radius 1 is 1.20 bits per heavy atom. The van der Waals surface area contributed by atoms with Crippen molar-refractivity contribution < 1.29 is 0 Å². The van der Waals surface area contributed by atoms with Crippen LogP contribution in [0.5, 0.6) is 0 Å². The maximum absolute atomic E-state index is 4.13. The molecule has 0 aromatic carbocycles. The van der Waals surface area contributed by atoms with E-state index in [1.54, 1.807) is 12.4 Å². The SMILES string of the molecule is Cl.c1cnc(C2CC2)nc1. The van der Waals surface area contributed by atoms with Gasteiger partial charge in [-0.1, -0.05) is 0 Å². The lowest BCUT2D eigenvalue weighted by molar-refractivity contribution is 0.927. The number of rotatable bonds is 1. The zero-order valence-electron chi connectivity index (χ0n) is 5.53. The number of aromatic nitrogens is 2. The number of halogens is 1. The van der Waals surface area contributed by atoms with E-state index < -0.39 is 0 Å². The highest BCUT2D eigenvalue weighted by Crippen LogP contribution is 2.37. The summed E-state index contributed by atoms with van der Waals surface area (Å²) in [6, 6.07) is 1.85. The zero-order valence-corrected chi connectivity index (χ0v) is 6.34. The van der Waals surface area contributed by atoms with E-state index in [0.717, 1.165) is 5.82 Å². The summed E-state index contributed by atoms with van der Waals surface area (Å²) < 4.78 is 0. The Kier molecular flexibility index (Phi) is 2.22. The van der Waals surface area contributed by atoms with E-state index in [0.29, 0.717) is 5.92 Å². The van der Waals surface area contributed by atoms with Crippen LogP contribution < -0.4 is 0 Å². The zero-order chi connectivity index (χ0) is 6.10. The van der Waals surface area contributed by atoms with Crippen molar-refractivity contribution in [3.05, 3.63) is 24.3 Å². The fraction of sp³-hybridized carbons (Fsp3) is 0.429. The van der Waals surface area contributed by atoms with Crippen LogP contribution in [-0.4, -0.2) is 9.97 Å². The van der Waals surface area contributed by atoms with E-state index in [1.807, 2.05) is 6.07 Å². The Morgan fingerprint density at radius 3 is 2.30 bits per heavy atom. The maximum atomic E-state index is 4.13. The molecule has 1 heterocycles. The van der Waals surface area contributed by atoms with Crippen molar-refractivity contribution in [1.82, 2.24) is 9.97 Å². The molecule has 2 nitrogen and oxygen atoms in total. The molecule has 1 aromatic heterocycles. The lowest BCUT2D eigenvalue weighted by Gasteiger charge is -1.90. The largest absolute Gasteiger partial charge is 0.241 e. The van der Waals surface area contributed by atoms with E-state index in [-0.39, 0.29) is 12.4 Å². The molecule has 3 heteroatoms. The lowest BCUT2D eigenvalue weighted by atomic mass is 10.4. The van der Waals surface area contributed by atoms with Gasteiger partial charge in [0.25, 0.3) is 0 Å². The second kappa shape index (κ2) is 2.97. The molecule has 0 radical (unpaired) electrons. The molecule has 0 unspecified atom stereocenters. The second-order valence-corrected chi connectivity index (χ2v) is 2.38. The fourth-order valence-corrected chi connectivity index (χ4v) is 0.863. The van der Waals surface area contributed by atoms with Gasteiger partial charge in [0.15, 0.2) is 0 Å². The molecule has 0 spiro atoms. The Balaban J connectivity index is 0.000000500. The molecular formula is C7H9ClN2. The number of hydrogen-bond acceptors (Lipinski definition) is 2. The van der Waals surface area contributed by atoms with Crippen LogP contribution in [0.1, 0.15) is 24.6 Å². The third-order valence-electron chi connectivity index (χ3n) is 1.53. The molecule has 0 N–H and O–H groups in total. The molecule has 1 saturated carbocycles. The Bertz CT molecular complexity index is 196. The minimum Gasteiger partial charge on any atom is -0.241 e. The molecule has 1 aliphatic rings. The van der Waals surface area contributed by atoms with Crippen molar-refractivity contribution in [3.63, 3.8) is 0 Å². The van der Waals surface area contributed by atoms with Gasteiger partial charge in [-0.05, 0) is 18.9 Å². The van der Waals surface area contributed by atoms with Gasteiger partial charge in [-0.25, -0.2) is 9.97 Å². The lowest BCUT2D eigenvalue weighted by Crippen LogP contribution is -1.87. The van der Waals surface area contributed by atoms with Gasteiger partial charge in [0.2, 0.25) is 0 Å². The van der Waals surface area contributed by atoms with Gasteiger partial charge < -0.3 is 0 Å². The van der Waals surface area contributed by atoms with E-state index in [2.05, 4.69) is 9.97 Å². The third kappa shape index (κ3) is 1.45. The Hall–Kier alpha value is -0.630. The molecule has 0 aliphatic heterocycles. The van der Waals surface area contributed by atoms with E-state index in [1.165, 1.54) is 12.8 Å². The van der Waals surface area contributed by atoms with Crippen LogP contribution in [-0.2, 0) is 0 Å². The summed E-state index contributed by atoms with van der Waals surface area (Å²) in [4.78, 5) is 8.26. The van der Waals surface area contributed by atoms with Crippen LogP contribution in [0.15, 0.2) is 18.5 Å². The van der Waals surface area contributed by atoms with E-state index >= 15 is 0 Å². The molecular weight excluding hydrogens is 148 g/mol. The van der Waals surface area contributed by atoms with Crippen molar-refractivity contribution in [2.45, 2.75) is 18.8 Å². The topological polar surface area (TPSA) is 25.8 Å². The molecule has 0 amide bonds. The van der Waals surface area contributed by atoms with Crippen LogP contribution in [0.25, 0.3) is 0 Å². The van der Waals surface area contributed by atoms with Crippen molar-refractivity contribution in [1.29, 1.82) is 0 Å². The summed E-state index contributed by atoms with van der Waals surface area (Å²) in [6.45, 7) is 0. The second-order valence-electron chi connectivity index (χ2n) is 2.38. The molecule has 0 atom stereocenters. The summed E-state index contributed by atoms with van der Waals surface area (Å²) in [5, 5.41) is 0. The van der Waals surface area contributed by atoms with Crippen LogP contribution in [0.2, 0.25) is 0 Å².